The Bertz CT molecular complexity index is 838. The molecule has 0 spiro atoms. The third-order valence-corrected chi connectivity index (χ3v) is 4.78. The molecule has 4 amide bonds. The number of carbonyl (C=O) groups is 3. The van der Waals surface area contributed by atoms with Gasteiger partial charge in [0, 0.05) is 25.9 Å². The van der Waals surface area contributed by atoms with Gasteiger partial charge < -0.3 is 15.6 Å². The highest BCUT2D eigenvalue weighted by atomic mass is 32.2. The van der Waals surface area contributed by atoms with E-state index in [1.165, 1.54) is 11.8 Å². The monoisotopic (exact) mass is 418 g/mol. The number of nitrogens with two attached hydrogens (primary N) is 1. The van der Waals surface area contributed by atoms with Gasteiger partial charge in [-0.2, -0.15) is 0 Å². The number of hydrogen-bond acceptors (Lipinski definition) is 6. The maximum absolute atomic E-state index is 12.1. The maximum atomic E-state index is 12.1. The molecule has 0 bridgehead atoms. The summed E-state index contributed by atoms with van der Waals surface area (Å²) < 4.78 is 1.89. The van der Waals surface area contributed by atoms with E-state index in [0.717, 1.165) is 5.56 Å². The molecule has 9 nitrogen and oxygen atoms in total. The number of aromatic nitrogens is 3. The standard InChI is InChI=1S/C19H26N6O3S/c1-13(2)11-25-16(9-8-15(20)26)23-24-19(25)29-12-17(27)22-18(28)21-10-14-6-4-3-5-7-14/h3-7,13H,8-12H2,1-2H3,(H2,20,26)(H2,21,22,27,28). The number of thioether (sulfide) groups is 1. The summed E-state index contributed by atoms with van der Waals surface area (Å²) in [6.07, 6.45) is 0.576. The predicted octanol–water partition coefficient (Wildman–Crippen LogP) is 1.47. The first-order chi connectivity index (χ1) is 13.8. The van der Waals surface area contributed by atoms with Crippen molar-refractivity contribution in [3.8, 4) is 0 Å². The lowest BCUT2D eigenvalue weighted by molar-refractivity contribution is -0.118. The van der Waals surface area contributed by atoms with Crippen LogP contribution < -0.4 is 16.4 Å². The molecular weight excluding hydrogens is 392 g/mol. The molecule has 10 heteroatoms. The Labute approximate surface area is 173 Å². The molecule has 0 radical (unpaired) electrons. The third kappa shape index (κ3) is 7.94. The number of rotatable bonds is 10. The topological polar surface area (TPSA) is 132 Å². The first kappa shape index (κ1) is 22.4. The summed E-state index contributed by atoms with van der Waals surface area (Å²) in [5.41, 5.74) is 6.15. The van der Waals surface area contributed by atoms with Gasteiger partial charge in [-0.05, 0) is 11.5 Å². The number of benzene rings is 1. The van der Waals surface area contributed by atoms with Gasteiger partial charge in [-0.3, -0.25) is 14.9 Å². The quantitative estimate of drug-likeness (QED) is 0.501. The summed E-state index contributed by atoms with van der Waals surface area (Å²) in [6.45, 7) is 5.09. The fourth-order valence-corrected chi connectivity index (χ4v) is 3.28. The largest absolute Gasteiger partial charge is 0.370 e. The first-order valence-electron chi connectivity index (χ1n) is 9.30. The Morgan fingerprint density at radius 2 is 1.90 bits per heavy atom. The van der Waals surface area contributed by atoms with Crippen LogP contribution in [0.25, 0.3) is 0 Å². The summed E-state index contributed by atoms with van der Waals surface area (Å²) in [5, 5.41) is 13.7. The molecule has 0 aliphatic carbocycles. The van der Waals surface area contributed by atoms with Gasteiger partial charge in [-0.15, -0.1) is 10.2 Å². The van der Waals surface area contributed by atoms with E-state index in [4.69, 9.17) is 5.73 Å². The van der Waals surface area contributed by atoms with E-state index < -0.39 is 17.8 Å². The van der Waals surface area contributed by atoms with Gasteiger partial charge in [0.05, 0.1) is 5.75 Å². The number of hydrogen-bond donors (Lipinski definition) is 3. The van der Waals surface area contributed by atoms with Crippen molar-refractivity contribution in [1.82, 2.24) is 25.4 Å². The van der Waals surface area contributed by atoms with E-state index in [9.17, 15) is 14.4 Å². The number of amides is 4. The summed E-state index contributed by atoms with van der Waals surface area (Å²) in [6, 6.07) is 8.86. The summed E-state index contributed by atoms with van der Waals surface area (Å²) in [5.74, 6) is 0.166. The molecule has 1 heterocycles. The van der Waals surface area contributed by atoms with E-state index in [1.807, 2.05) is 34.9 Å². The summed E-state index contributed by atoms with van der Waals surface area (Å²) in [7, 11) is 0. The molecule has 29 heavy (non-hydrogen) atoms. The van der Waals surface area contributed by atoms with Crippen LogP contribution in [0, 0.1) is 5.92 Å². The predicted molar refractivity (Wildman–Crippen MR) is 110 cm³/mol. The number of nitrogens with zero attached hydrogens (tertiary/aromatic N) is 3. The molecule has 0 fully saturated rings. The highest BCUT2D eigenvalue weighted by Crippen LogP contribution is 2.19. The number of carbonyl (C=O) groups excluding carboxylic acids is 3. The lowest BCUT2D eigenvalue weighted by Gasteiger charge is -2.12. The minimum absolute atomic E-state index is 0.0187. The molecule has 1 aromatic carbocycles. The zero-order valence-corrected chi connectivity index (χ0v) is 17.4. The number of primary amides is 1. The lowest BCUT2D eigenvalue weighted by Crippen LogP contribution is -2.40. The van der Waals surface area contributed by atoms with Crippen molar-refractivity contribution in [1.29, 1.82) is 0 Å². The number of urea groups is 1. The van der Waals surface area contributed by atoms with Crippen LogP contribution >= 0.6 is 11.8 Å². The number of nitrogens with one attached hydrogen (secondary N) is 2. The highest BCUT2D eigenvalue weighted by molar-refractivity contribution is 7.99. The van der Waals surface area contributed by atoms with E-state index in [1.54, 1.807) is 0 Å². The fraction of sp³-hybridized carbons (Fsp3) is 0.421. The van der Waals surface area contributed by atoms with Crippen LogP contribution in [-0.4, -0.2) is 38.4 Å². The SMILES string of the molecule is CC(C)Cn1c(CCC(N)=O)nnc1SCC(=O)NC(=O)NCc1ccccc1. The molecule has 0 aliphatic heterocycles. The van der Waals surface area contributed by atoms with Crippen molar-refractivity contribution in [2.45, 2.75) is 44.9 Å². The second-order valence-electron chi connectivity index (χ2n) is 6.87. The average molecular weight is 419 g/mol. The molecule has 0 saturated carbocycles. The van der Waals surface area contributed by atoms with Crippen molar-refractivity contribution in [2.75, 3.05) is 5.75 Å². The van der Waals surface area contributed by atoms with Crippen molar-refractivity contribution in [2.24, 2.45) is 11.7 Å². The number of aryl methyl sites for hydroxylation is 1. The average Bonchev–Trinajstić information content (AvgIpc) is 3.05. The molecule has 4 N–H and O–H groups in total. The van der Waals surface area contributed by atoms with Gasteiger partial charge in [-0.1, -0.05) is 55.9 Å². The zero-order valence-electron chi connectivity index (χ0n) is 16.6. The van der Waals surface area contributed by atoms with Crippen LogP contribution in [0.1, 0.15) is 31.7 Å². The number of imide groups is 1. The molecule has 0 atom stereocenters. The van der Waals surface area contributed by atoms with Crippen LogP contribution in [0.5, 0.6) is 0 Å². The van der Waals surface area contributed by atoms with Crippen molar-refractivity contribution in [3.63, 3.8) is 0 Å². The third-order valence-electron chi connectivity index (χ3n) is 3.82. The smallest absolute Gasteiger partial charge is 0.321 e. The lowest BCUT2D eigenvalue weighted by atomic mass is 10.2. The van der Waals surface area contributed by atoms with Gasteiger partial charge in [0.15, 0.2) is 5.16 Å². The zero-order chi connectivity index (χ0) is 21.2. The van der Waals surface area contributed by atoms with Crippen molar-refractivity contribution >= 4 is 29.6 Å². The first-order valence-corrected chi connectivity index (χ1v) is 10.3. The molecule has 1 aromatic heterocycles. The summed E-state index contributed by atoms with van der Waals surface area (Å²) in [4.78, 5) is 35.0. The van der Waals surface area contributed by atoms with Crippen molar-refractivity contribution < 1.29 is 14.4 Å². The molecule has 2 rings (SSSR count). The van der Waals surface area contributed by atoms with Crippen LogP contribution in [0.4, 0.5) is 4.79 Å². The second-order valence-corrected chi connectivity index (χ2v) is 7.82. The second kappa shape index (κ2) is 11.2. The van der Waals surface area contributed by atoms with Gasteiger partial charge >= 0.3 is 6.03 Å². The summed E-state index contributed by atoms with van der Waals surface area (Å²) >= 11 is 1.19. The van der Waals surface area contributed by atoms with E-state index in [0.29, 0.717) is 36.4 Å². The fourth-order valence-electron chi connectivity index (χ4n) is 2.51. The molecule has 2 aromatic rings. The Morgan fingerprint density at radius 3 is 2.55 bits per heavy atom. The van der Waals surface area contributed by atoms with Gasteiger partial charge in [0.25, 0.3) is 0 Å². The normalized spacial score (nSPS) is 10.7. The Morgan fingerprint density at radius 1 is 1.17 bits per heavy atom. The Balaban J connectivity index is 1.86. The minimum Gasteiger partial charge on any atom is -0.370 e. The molecule has 0 unspecified atom stereocenters. The van der Waals surface area contributed by atoms with Gasteiger partial charge in [0.2, 0.25) is 11.8 Å². The van der Waals surface area contributed by atoms with Crippen molar-refractivity contribution in [3.05, 3.63) is 41.7 Å². The Kier molecular flexibility index (Phi) is 8.66. The van der Waals surface area contributed by atoms with Crippen LogP contribution in [-0.2, 0) is 29.1 Å². The molecule has 0 saturated heterocycles. The van der Waals surface area contributed by atoms with E-state index >= 15 is 0 Å². The highest BCUT2D eigenvalue weighted by Gasteiger charge is 2.16. The van der Waals surface area contributed by atoms with E-state index in [2.05, 4.69) is 34.7 Å². The van der Waals surface area contributed by atoms with Gasteiger partial charge in [-0.25, -0.2) is 4.79 Å². The minimum atomic E-state index is -0.551. The van der Waals surface area contributed by atoms with Crippen LogP contribution in [0.15, 0.2) is 35.5 Å². The van der Waals surface area contributed by atoms with Crippen LogP contribution in [0.2, 0.25) is 0 Å². The maximum Gasteiger partial charge on any atom is 0.321 e. The van der Waals surface area contributed by atoms with E-state index in [-0.39, 0.29) is 12.2 Å². The van der Waals surface area contributed by atoms with Crippen LogP contribution in [0.3, 0.4) is 0 Å². The molecular formula is C19H26N6O3S. The molecule has 156 valence electrons. The Hall–Kier alpha value is -2.88. The molecule has 0 aliphatic rings. The van der Waals surface area contributed by atoms with Gasteiger partial charge in [0.1, 0.15) is 5.82 Å².